The number of rotatable bonds is 11. The number of amides is 1. The highest BCUT2D eigenvalue weighted by Crippen LogP contribution is 2.31. The van der Waals surface area contributed by atoms with Gasteiger partial charge in [0.25, 0.3) is 5.91 Å². The van der Waals surface area contributed by atoms with Gasteiger partial charge in [-0.15, -0.1) is 0 Å². The monoisotopic (exact) mass is 486 g/mol. The van der Waals surface area contributed by atoms with Crippen molar-refractivity contribution in [2.24, 2.45) is 0 Å². The molecule has 0 saturated heterocycles. The van der Waals surface area contributed by atoms with Crippen molar-refractivity contribution in [1.82, 2.24) is 4.31 Å². The van der Waals surface area contributed by atoms with Gasteiger partial charge >= 0.3 is 0 Å². The first-order chi connectivity index (χ1) is 16.2. The van der Waals surface area contributed by atoms with E-state index in [1.165, 1.54) is 0 Å². The third-order valence-electron chi connectivity index (χ3n) is 5.88. The summed E-state index contributed by atoms with van der Waals surface area (Å²) in [7, 11) is -2.11. The number of hydrogen-bond acceptors (Lipinski definition) is 5. The molecule has 3 rings (SSSR count). The van der Waals surface area contributed by atoms with Crippen LogP contribution < -0.4 is 10.1 Å². The lowest BCUT2D eigenvalue weighted by molar-refractivity contribution is 0.0997. The maximum absolute atomic E-state index is 13.4. The smallest absolute Gasteiger partial charge is 0.291 e. The first kappa shape index (κ1) is 25.8. The van der Waals surface area contributed by atoms with E-state index in [4.69, 9.17) is 9.15 Å². The van der Waals surface area contributed by atoms with Gasteiger partial charge in [0.15, 0.2) is 5.76 Å². The van der Waals surface area contributed by atoms with E-state index in [1.807, 2.05) is 32.9 Å². The number of carbonyl (C=O) groups is 1. The number of nitrogens with one attached hydrogen (secondary N) is 1. The van der Waals surface area contributed by atoms with E-state index in [-0.39, 0.29) is 10.7 Å². The topological polar surface area (TPSA) is 88.9 Å². The van der Waals surface area contributed by atoms with E-state index in [0.29, 0.717) is 41.1 Å². The van der Waals surface area contributed by atoms with Gasteiger partial charge in [-0.05, 0) is 62.6 Å². The second-order valence-electron chi connectivity index (χ2n) is 8.48. The summed E-state index contributed by atoms with van der Waals surface area (Å²) < 4.78 is 39.5. The van der Waals surface area contributed by atoms with Crippen molar-refractivity contribution >= 4 is 32.6 Å². The molecule has 1 heterocycles. The lowest BCUT2D eigenvalue weighted by Gasteiger charge is -2.22. The number of benzene rings is 2. The van der Waals surface area contributed by atoms with Crippen LogP contribution in [0.1, 0.15) is 61.2 Å². The normalized spacial score (nSPS) is 11.8. The van der Waals surface area contributed by atoms with Gasteiger partial charge in [-0.2, -0.15) is 4.31 Å². The van der Waals surface area contributed by atoms with Gasteiger partial charge in [-0.25, -0.2) is 8.42 Å². The van der Waals surface area contributed by atoms with Gasteiger partial charge < -0.3 is 14.5 Å². The van der Waals surface area contributed by atoms with Crippen molar-refractivity contribution in [3.8, 4) is 5.75 Å². The molecule has 2 aromatic carbocycles. The maximum atomic E-state index is 13.4. The van der Waals surface area contributed by atoms with Crippen molar-refractivity contribution in [1.29, 1.82) is 0 Å². The predicted octanol–water partition coefficient (Wildman–Crippen LogP) is 5.90. The fourth-order valence-electron chi connectivity index (χ4n) is 3.85. The van der Waals surface area contributed by atoms with Crippen molar-refractivity contribution in [3.05, 3.63) is 53.3 Å². The Balaban J connectivity index is 1.95. The van der Waals surface area contributed by atoms with E-state index in [2.05, 4.69) is 5.32 Å². The highest BCUT2D eigenvalue weighted by atomic mass is 32.2. The molecule has 0 aliphatic rings. The highest BCUT2D eigenvalue weighted by molar-refractivity contribution is 7.89. The summed E-state index contributed by atoms with van der Waals surface area (Å²) in [6.07, 6.45) is 3.45. The van der Waals surface area contributed by atoms with Crippen LogP contribution >= 0.6 is 0 Å². The lowest BCUT2D eigenvalue weighted by Crippen LogP contribution is -2.33. The Hall–Kier alpha value is -2.84. The van der Waals surface area contributed by atoms with E-state index in [9.17, 15) is 13.2 Å². The zero-order valence-corrected chi connectivity index (χ0v) is 21.4. The second kappa shape index (κ2) is 11.1. The van der Waals surface area contributed by atoms with Crippen molar-refractivity contribution < 1.29 is 22.4 Å². The average Bonchev–Trinajstić information content (AvgIpc) is 3.15. The Labute approximate surface area is 202 Å². The molecule has 1 aromatic heterocycles. The molecule has 0 saturated carbocycles. The van der Waals surface area contributed by atoms with Crippen LogP contribution in [0.5, 0.6) is 5.75 Å². The number of carbonyl (C=O) groups excluding carboxylic acids is 1. The number of furan rings is 1. The van der Waals surface area contributed by atoms with Gasteiger partial charge in [0.05, 0.1) is 17.7 Å². The molecule has 0 spiro atoms. The molecule has 0 aliphatic carbocycles. The van der Waals surface area contributed by atoms with Crippen LogP contribution in [0.15, 0.2) is 45.7 Å². The number of nitrogens with zero attached hydrogens (tertiary/aromatic N) is 1. The Morgan fingerprint density at radius 2 is 1.71 bits per heavy atom. The van der Waals surface area contributed by atoms with Crippen molar-refractivity contribution in [3.63, 3.8) is 0 Å². The summed E-state index contributed by atoms with van der Waals surface area (Å²) in [5.41, 5.74) is 2.57. The number of methoxy groups -OCH3 is 1. The quantitative estimate of drug-likeness (QED) is 0.364. The third-order valence-corrected chi connectivity index (χ3v) is 7.77. The summed E-state index contributed by atoms with van der Waals surface area (Å²) in [5.74, 6) is 0.261. The Morgan fingerprint density at radius 3 is 2.32 bits per heavy atom. The molecular weight excluding hydrogens is 452 g/mol. The van der Waals surface area contributed by atoms with Crippen LogP contribution in [0.25, 0.3) is 11.0 Å². The number of hydrogen-bond donors (Lipinski definition) is 1. The summed E-state index contributed by atoms with van der Waals surface area (Å²) in [6.45, 7) is 8.76. The third kappa shape index (κ3) is 5.45. The lowest BCUT2D eigenvalue weighted by atomic mass is 10.1. The molecule has 184 valence electrons. The molecule has 0 aliphatic heterocycles. The predicted molar refractivity (Wildman–Crippen MR) is 135 cm³/mol. The van der Waals surface area contributed by atoms with E-state index in [0.717, 1.165) is 31.2 Å². The zero-order chi connectivity index (χ0) is 24.9. The van der Waals surface area contributed by atoms with Crippen molar-refractivity contribution in [2.45, 2.75) is 58.3 Å². The second-order valence-corrected chi connectivity index (χ2v) is 10.4. The number of fused-ring (bicyclic) bond motifs is 1. The Kier molecular flexibility index (Phi) is 8.38. The summed E-state index contributed by atoms with van der Waals surface area (Å²) in [6, 6.07) is 10.3. The molecule has 0 bridgehead atoms. The van der Waals surface area contributed by atoms with Crippen LogP contribution in [0, 0.1) is 13.8 Å². The van der Waals surface area contributed by atoms with Crippen LogP contribution in [-0.4, -0.2) is 38.8 Å². The molecule has 0 radical (unpaired) electrons. The van der Waals surface area contributed by atoms with Crippen LogP contribution in [0.2, 0.25) is 0 Å². The largest absolute Gasteiger partial charge is 0.495 e. The minimum Gasteiger partial charge on any atom is -0.495 e. The number of unbranched alkanes of at least 4 members (excludes halogenated alkanes) is 2. The highest BCUT2D eigenvalue weighted by Gasteiger charge is 2.26. The number of sulfonamides is 1. The molecule has 34 heavy (non-hydrogen) atoms. The molecule has 3 aromatic rings. The van der Waals surface area contributed by atoms with Crippen molar-refractivity contribution in [2.75, 3.05) is 25.5 Å². The number of ether oxygens (including phenoxy) is 1. The van der Waals surface area contributed by atoms with Gasteiger partial charge in [-0.3, -0.25) is 4.79 Å². The Morgan fingerprint density at radius 1 is 1.03 bits per heavy atom. The van der Waals surface area contributed by atoms with Gasteiger partial charge in [-0.1, -0.05) is 32.8 Å². The van der Waals surface area contributed by atoms with E-state index in [1.54, 1.807) is 42.6 Å². The molecular formula is C26H34N2O5S. The number of aryl methyl sites for hydroxylation is 2. The molecule has 8 heteroatoms. The first-order valence-corrected chi connectivity index (χ1v) is 13.2. The van der Waals surface area contributed by atoms with Crippen LogP contribution in [0.4, 0.5) is 5.69 Å². The number of anilines is 1. The fourth-order valence-corrected chi connectivity index (χ4v) is 5.39. The summed E-state index contributed by atoms with van der Waals surface area (Å²) in [4.78, 5) is 13.2. The fraction of sp³-hybridized carbons (Fsp3) is 0.423. The average molecular weight is 487 g/mol. The van der Waals surface area contributed by atoms with Gasteiger partial charge in [0.1, 0.15) is 11.3 Å². The molecule has 0 atom stereocenters. The van der Waals surface area contributed by atoms with Crippen LogP contribution in [-0.2, 0) is 10.0 Å². The molecule has 7 nitrogen and oxygen atoms in total. The minimum atomic E-state index is -3.65. The van der Waals surface area contributed by atoms with Gasteiger partial charge in [0.2, 0.25) is 10.0 Å². The zero-order valence-electron chi connectivity index (χ0n) is 20.6. The van der Waals surface area contributed by atoms with Crippen LogP contribution in [0.3, 0.4) is 0 Å². The maximum Gasteiger partial charge on any atom is 0.291 e. The SMILES string of the molecule is CCCCN(CCCC)S(=O)(=O)c1ccc2oc(C(=O)Nc3cc(C)ccc3OC)c(C)c2c1. The molecule has 0 fully saturated rings. The Bertz CT molecular complexity index is 1260. The summed E-state index contributed by atoms with van der Waals surface area (Å²) in [5, 5.41) is 3.45. The molecule has 0 unspecified atom stereocenters. The van der Waals surface area contributed by atoms with Gasteiger partial charge in [0, 0.05) is 24.0 Å². The standard InChI is InChI=1S/C26H34N2O5S/c1-6-8-14-28(15-9-7-2)34(30,31)20-11-13-23-21(17-20)19(4)25(33-23)26(29)27-22-16-18(3)10-12-24(22)32-5/h10-13,16-17H,6-9,14-15H2,1-5H3,(H,27,29). The van der Waals surface area contributed by atoms with E-state index < -0.39 is 15.9 Å². The molecule has 1 N–H and O–H groups in total. The minimum absolute atomic E-state index is 0.141. The first-order valence-electron chi connectivity index (χ1n) is 11.7. The molecule has 1 amide bonds. The summed E-state index contributed by atoms with van der Waals surface area (Å²) >= 11 is 0. The van der Waals surface area contributed by atoms with E-state index >= 15 is 0 Å².